The number of nitrogens with zero attached hydrogens (tertiary/aromatic N) is 5. The van der Waals surface area contributed by atoms with Crippen LogP contribution in [0.4, 0.5) is 0 Å². The fourth-order valence-electron chi connectivity index (χ4n) is 4.91. The van der Waals surface area contributed by atoms with Gasteiger partial charge in [-0.25, -0.2) is 9.99 Å². The van der Waals surface area contributed by atoms with Gasteiger partial charge in [-0.05, 0) is 68.4 Å². The summed E-state index contributed by atoms with van der Waals surface area (Å²) < 4.78 is 7.46. The highest BCUT2D eigenvalue weighted by molar-refractivity contribution is 6.36. The minimum absolute atomic E-state index is 0.263. The van der Waals surface area contributed by atoms with Crippen molar-refractivity contribution in [1.29, 1.82) is 5.26 Å². The number of carbonyl (C=O) groups is 1. The molecular formula is C30H30Cl2N6O2. The second-order valence-corrected chi connectivity index (χ2v) is 10.6. The normalized spacial score (nSPS) is 15.8. The molecule has 1 N–H and O–H groups in total. The average Bonchev–Trinajstić information content (AvgIpc) is 3.61. The summed E-state index contributed by atoms with van der Waals surface area (Å²) in [5, 5.41) is 11.6. The summed E-state index contributed by atoms with van der Waals surface area (Å²) in [6.45, 7) is 4.84. The smallest absolute Gasteiger partial charge is 0.286 e. The monoisotopic (exact) mass is 576 g/mol. The molecule has 0 aliphatic carbocycles. The highest BCUT2D eigenvalue weighted by Gasteiger charge is 2.28. The number of carbonyl (C=O) groups excluding carboxylic acids is 1. The molecule has 0 spiro atoms. The second-order valence-electron chi connectivity index (χ2n) is 9.72. The van der Waals surface area contributed by atoms with Crippen molar-refractivity contribution in [2.24, 2.45) is 0 Å². The lowest BCUT2D eigenvalue weighted by Crippen LogP contribution is -2.48. The topological polar surface area (TPSA) is 86.4 Å². The molecule has 5 rings (SSSR count). The zero-order valence-corrected chi connectivity index (χ0v) is 23.6. The van der Waals surface area contributed by atoms with Crippen LogP contribution in [0.5, 0.6) is 0 Å². The summed E-state index contributed by atoms with van der Waals surface area (Å²) >= 11 is 12.9. The molecule has 2 saturated heterocycles. The lowest BCUT2D eigenvalue weighted by molar-refractivity contribution is 0.0124. The Labute approximate surface area is 244 Å². The van der Waals surface area contributed by atoms with Crippen LogP contribution in [0.2, 0.25) is 10.0 Å². The molecule has 0 radical (unpaired) electrons. The average molecular weight is 578 g/mol. The van der Waals surface area contributed by atoms with E-state index in [4.69, 9.17) is 38.2 Å². The van der Waals surface area contributed by atoms with Crippen LogP contribution in [0.15, 0.2) is 42.5 Å². The van der Waals surface area contributed by atoms with E-state index in [1.165, 1.54) is 0 Å². The molecule has 206 valence electrons. The molecular weight excluding hydrogens is 547 g/mol. The third-order valence-corrected chi connectivity index (χ3v) is 7.47. The second kappa shape index (κ2) is 13.3. The van der Waals surface area contributed by atoms with Gasteiger partial charge in [-0.15, -0.1) is 0 Å². The van der Waals surface area contributed by atoms with Crippen molar-refractivity contribution in [3.8, 4) is 35.0 Å². The van der Waals surface area contributed by atoms with Crippen LogP contribution in [0, 0.1) is 23.2 Å². The van der Waals surface area contributed by atoms with Crippen molar-refractivity contribution in [3.63, 3.8) is 0 Å². The lowest BCUT2D eigenvalue weighted by atomic mass is 10.1. The van der Waals surface area contributed by atoms with E-state index in [9.17, 15) is 4.79 Å². The van der Waals surface area contributed by atoms with E-state index in [1.54, 1.807) is 12.1 Å². The van der Waals surface area contributed by atoms with E-state index in [0.717, 1.165) is 42.9 Å². The number of rotatable bonds is 7. The standard InChI is InChI=1S/C30H30Cl2N6O2/c31-23-9-12-25(26(32)20-23)29-34-28(30(39)35-37-16-18-40-19-17-37)27(21-36-14-4-5-15-36)38(29)24-10-7-22(8-11-24)6-2-1-3-13-33/h7-12,20H,1,3-5,14-19,21H2,(H,35,39). The van der Waals surface area contributed by atoms with Crippen LogP contribution >= 0.6 is 23.2 Å². The van der Waals surface area contributed by atoms with Gasteiger partial charge in [0.2, 0.25) is 0 Å². The van der Waals surface area contributed by atoms with Gasteiger partial charge in [-0.3, -0.25) is 19.7 Å². The highest BCUT2D eigenvalue weighted by atomic mass is 35.5. The number of nitrogens with one attached hydrogen (secondary N) is 1. The van der Waals surface area contributed by atoms with Gasteiger partial charge in [0.1, 0.15) is 5.82 Å². The number of aromatic nitrogens is 2. The first-order valence-electron chi connectivity index (χ1n) is 13.4. The van der Waals surface area contributed by atoms with Gasteiger partial charge >= 0.3 is 0 Å². The minimum atomic E-state index is -0.263. The number of hydrazine groups is 1. The van der Waals surface area contributed by atoms with Gasteiger partial charge < -0.3 is 4.74 Å². The van der Waals surface area contributed by atoms with Gasteiger partial charge in [0, 0.05) is 54.3 Å². The maximum Gasteiger partial charge on any atom is 0.286 e. The molecule has 1 amide bonds. The largest absolute Gasteiger partial charge is 0.379 e. The fourth-order valence-corrected chi connectivity index (χ4v) is 5.41. The van der Waals surface area contributed by atoms with Gasteiger partial charge in [-0.1, -0.05) is 35.0 Å². The Balaban J connectivity index is 1.61. The van der Waals surface area contributed by atoms with Crippen molar-refractivity contribution in [3.05, 3.63) is 69.5 Å². The molecule has 1 aromatic heterocycles. The zero-order valence-electron chi connectivity index (χ0n) is 22.1. The highest BCUT2D eigenvalue weighted by Crippen LogP contribution is 2.34. The number of hydrogen-bond donors (Lipinski definition) is 1. The third kappa shape index (κ3) is 6.67. The summed E-state index contributed by atoms with van der Waals surface area (Å²) in [7, 11) is 0. The number of unbranched alkanes of at least 4 members (excludes halogenated alkanes) is 1. The van der Waals surface area contributed by atoms with Crippen LogP contribution < -0.4 is 5.43 Å². The Hall–Kier alpha value is -3.37. The minimum Gasteiger partial charge on any atom is -0.379 e. The Morgan fingerprint density at radius 3 is 2.48 bits per heavy atom. The van der Waals surface area contributed by atoms with E-state index in [1.807, 2.05) is 39.9 Å². The van der Waals surface area contributed by atoms with Crippen LogP contribution in [0.3, 0.4) is 0 Å². The predicted molar refractivity (Wildman–Crippen MR) is 155 cm³/mol. The van der Waals surface area contributed by atoms with E-state index < -0.39 is 0 Å². The Morgan fingerprint density at radius 2 is 1.77 bits per heavy atom. The molecule has 2 aliphatic heterocycles. The van der Waals surface area contributed by atoms with E-state index in [-0.39, 0.29) is 5.91 Å². The van der Waals surface area contributed by atoms with Crippen molar-refractivity contribution < 1.29 is 9.53 Å². The number of halogens is 2. The number of benzene rings is 2. The summed E-state index contributed by atoms with van der Waals surface area (Å²) in [5.74, 6) is 6.45. The first-order chi connectivity index (χ1) is 19.5. The fraction of sp³-hybridized carbons (Fsp3) is 0.367. The van der Waals surface area contributed by atoms with Crippen LogP contribution in [-0.2, 0) is 11.3 Å². The van der Waals surface area contributed by atoms with Crippen molar-refractivity contribution in [2.45, 2.75) is 32.2 Å². The quantitative estimate of drug-likeness (QED) is 0.312. The third-order valence-electron chi connectivity index (χ3n) is 6.92. The lowest BCUT2D eigenvalue weighted by Gasteiger charge is -2.27. The summed E-state index contributed by atoms with van der Waals surface area (Å²) in [5.41, 5.74) is 6.56. The first kappa shape index (κ1) is 28.2. The van der Waals surface area contributed by atoms with Crippen molar-refractivity contribution >= 4 is 29.1 Å². The van der Waals surface area contributed by atoms with Crippen LogP contribution in [0.1, 0.15) is 47.4 Å². The number of nitriles is 1. The maximum atomic E-state index is 13.7. The van der Waals surface area contributed by atoms with E-state index in [2.05, 4.69) is 28.2 Å². The molecule has 40 heavy (non-hydrogen) atoms. The number of hydrogen-bond acceptors (Lipinski definition) is 6. The maximum absolute atomic E-state index is 13.7. The van der Waals surface area contributed by atoms with Gasteiger partial charge in [0.15, 0.2) is 5.69 Å². The molecule has 10 heteroatoms. The van der Waals surface area contributed by atoms with Crippen molar-refractivity contribution in [1.82, 2.24) is 24.9 Å². The predicted octanol–water partition coefficient (Wildman–Crippen LogP) is 5.07. The molecule has 0 bridgehead atoms. The molecule has 3 aromatic rings. The molecule has 2 aliphatic rings. The molecule has 8 nitrogen and oxygen atoms in total. The zero-order chi connectivity index (χ0) is 27.9. The number of likely N-dealkylation sites (tertiary alicyclic amines) is 1. The summed E-state index contributed by atoms with van der Waals surface area (Å²) in [6, 6.07) is 15.2. The van der Waals surface area contributed by atoms with E-state index in [0.29, 0.717) is 72.8 Å². The van der Waals surface area contributed by atoms with E-state index >= 15 is 0 Å². The Kier molecular flexibility index (Phi) is 9.38. The SMILES string of the molecule is N#CCCC#Cc1ccc(-n2c(-c3ccc(Cl)cc3Cl)nc(C(=O)NN3CCOCC3)c2CN2CCCC2)cc1. The van der Waals surface area contributed by atoms with Crippen molar-refractivity contribution in [2.75, 3.05) is 39.4 Å². The Bertz CT molecular complexity index is 1460. The number of ether oxygens (including phenoxy) is 1. The molecule has 0 unspecified atom stereocenters. The molecule has 2 aromatic carbocycles. The van der Waals surface area contributed by atoms with Crippen LogP contribution in [0.25, 0.3) is 17.1 Å². The molecule has 2 fully saturated rings. The summed E-state index contributed by atoms with van der Waals surface area (Å²) in [6.07, 6.45) is 3.18. The summed E-state index contributed by atoms with van der Waals surface area (Å²) in [4.78, 5) is 21.0. The van der Waals surface area contributed by atoms with Gasteiger partial charge in [0.25, 0.3) is 5.91 Å². The first-order valence-corrected chi connectivity index (χ1v) is 14.2. The molecule has 0 saturated carbocycles. The molecule has 0 atom stereocenters. The molecule has 3 heterocycles. The Morgan fingerprint density at radius 1 is 1.02 bits per heavy atom. The number of imidazole rings is 1. The van der Waals surface area contributed by atoms with Crippen LogP contribution in [-0.4, -0.2) is 64.8 Å². The number of amides is 1. The van der Waals surface area contributed by atoms with Gasteiger partial charge in [0.05, 0.1) is 30.0 Å². The van der Waals surface area contributed by atoms with Gasteiger partial charge in [-0.2, -0.15) is 5.26 Å². The number of morpholine rings is 1.